The molecule has 66 valence electrons. The molecule has 2 nitrogen and oxygen atoms in total. The van der Waals surface area contributed by atoms with Gasteiger partial charge in [0.2, 0.25) is 0 Å². The molecule has 0 radical (unpaired) electrons. The summed E-state index contributed by atoms with van der Waals surface area (Å²) in [5, 5.41) is 9.46. The topological polar surface area (TPSA) is 23.5 Å². The third-order valence-corrected chi connectivity index (χ3v) is 2.40. The van der Waals surface area contributed by atoms with Gasteiger partial charge in [-0.25, -0.2) is 0 Å². The van der Waals surface area contributed by atoms with Crippen LogP contribution in [0.4, 0.5) is 0 Å². The molecule has 1 fully saturated rings. The van der Waals surface area contributed by atoms with Gasteiger partial charge in [0, 0.05) is 19.1 Å². The van der Waals surface area contributed by atoms with E-state index in [4.69, 9.17) is 0 Å². The first-order valence-corrected chi connectivity index (χ1v) is 4.51. The Balaban J connectivity index is 2.43. The minimum absolute atomic E-state index is 0.0962. The monoisotopic (exact) mass is 157 g/mol. The molecule has 1 heterocycles. The van der Waals surface area contributed by atoms with E-state index >= 15 is 0 Å². The first-order chi connectivity index (χ1) is 5.09. The molecule has 0 saturated carbocycles. The second kappa shape index (κ2) is 3.55. The fourth-order valence-electron chi connectivity index (χ4n) is 1.78. The highest BCUT2D eigenvalue weighted by atomic mass is 16.3. The minimum Gasteiger partial charge on any atom is -0.392 e. The Morgan fingerprint density at radius 2 is 2.00 bits per heavy atom. The van der Waals surface area contributed by atoms with E-state index in [2.05, 4.69) is 25.7 Å². The third-order valence-electron chi connectivity index (χ3n) is 2.40. The van der Waals surface area contributed by atoms with Crippen LogP contribution < -0.4 is 0 Å². The smallest absolute Gasteiger partial charge is 0.0670 e. The van der Waals surface area contributed by atoms with Gasteiger partial charge in [0.15, 0.2) is 0 Å². The largest absolute Gasteiger partial charge is 0.392 e. The molecule has 0 aliphatic carbocycles. The van der Waals surface area contributed by atoms with Crippen molar-refractivity contribution >= 4 is 0 Å². The van der Waals surface area contributed by atoms with Crippen molar-refractivity contribution in [2.24, 2.45) is 5.92 Å². The SMILES string of the molecule is CC(C)N1C[C@H](C)C[C@H](O)C1. The van der Waals surface area contributed by atoms with Gasteiger partial charge in [-0.3, -0.25) is 4.90 Å². The van der Waals surface area contributed by atoms with Crippen molar-refractivity contribution < 1.29 is 5.11 Å². The van der Waals surface area contributed by atoms with Crippen LogP contribution in [0.25, 0.3) is 0 Å². The maximum Gasteiger partial charge on any atom is 0.0670 e. The van der Waals surface area contributed by atoms with Crippen LogP contribution in [0.2, 0.25) is 0 Å². The van der Waals surface area contributed by atoms with Crippen molar-refractivity contribution in [3.63, 3.8) is 0 Å². The summed E-state index contributed by atoms with van der Waals surface area (Å²) in [6.07, 6.45) is 0.879. The first-order valence-electron chi connectivity index (χ1n) is 4.51. The molecule has 0 aromatic carbocycles. The number of hydrogen-bond donors (Lipinski definition) is 1. The van der Waals surface area contributed by atoms with Gasteiger partial charge in [0.1, 0.15) is 0 Å². The van der Waals surface area contributed by atoms with E-state index in [1.54, 1.807) is 0 Å². The Morgan fingerprint density at radius 3 is 2.45 bits per heavy atom. The number of hydrogen-bond acceptors (Lipinski definition) is 2. The first kappa shape index (κ1) is 9.01. The lowest BCUT2D eigenvalue weighted by Crippen LogP contribution is -2.45. The summed E-state index contributed by atoms with van der Waals surface area (Å²) in [5.74, 6) is 0.654. The predicted octanol–water partition coefficient (Wildman–Crippen LogP) is 1.10. The van der Waals surface area contributed by atoms with Gasteiger partial charge in [0.25, 0.3) is 0 Å². The van der Waals surface area contributed by atoms with Crippen molar-refractivity contribution in [2.45, 2.75) is 39.3 Å². The van der Waals surface area contributed by atoms with Crippen LogP contribution in [0.3, 0.4) is 0 Å². The molecule has 1 aliphatic heterocycles. The summed E-state index contributed by atoms with van der Waals surface area (Å²) in [7, 11) is 0. The molecule has 2 atom stereocenters. The zero-order valence-corrected chi connectivity index (χ0v) is 7.75. The highest BCUT2D eigenvalue weighted by molar-refractivity contribution is 4.78. The van der Waals surface area contributed by atoms with E-state index in [9.17, 15) is 5.11 Å². The standard InChI is InChI=1S/C9H19NO/c1-7(2)10-5-8(3)4-9(11)6-10/h7-9,11H,4-6H2,1-3H3/t8-,9+/m1/s1. The zero-order chi connectivity index (χ0) is 8.43. The fourth-order valence-corrected chi connectivity index (χ4v) is 1.78. The summed E-state index contributed by atoms with van der Waals surface area (Å²) in [4.78, 5) is 2.35. The van der Waals surface area contributed by atoms with Crippen molar-refractivity contribution in [1.29, 1.82) is 0 Å². The highest BCUT2D eigenvalue weighted by Gasteiger charge is 2.24. The molecule has 11 heavy (non-hydrogen) atoms. The highest BCUT2D eigenvalue weighted by Crippen LogP contribution is 2.17. The summed E-state index contributed by atoms with van der Waals surface area (Å²) in [6.45, 7) is 8.59. The maximum atomic E-state index is 9.46. The Morgan fingerprint density at radius 1 is 1.36 bits per heavy atom. The van der Waals surface area contributed by atoms with Gasteiger partial charge in [-0.15, -0.1) is 0 Å². The molecule has 0 aromatic heterocycles. The average molecular weight is 157 g/mol. The molecule has 0 amide bonds. The van der Waals surface area contributed by atoms with Crippen LogP contribution in [0.1, 0.15) is 27.2 Å². The normalized spacial score (nSPS) is 34.6. The fraction of sp³-hybridized carbons (Fsp3) is 1.00. The van der Waals surface area contributed by atoms with Crippen molar-refractivity contribution in [3.05, 3.63) is 0 Å². The Hall–Kier alpha value is -0.0800. The lowest BCUT2D eigenvalue weighted by molar-refractivity contribution is 0.0295. The molecule has 0 bridgehead atoms. The summed E-state index contributed by atoms with van der Waals surface area (Å²) in [6, 6.07) is 0.576. The molecule has 1 rings (SSSR count). The minimum atomic E-state index is -0.0962. The second-order valence-electron chi connectivity index (χ2n) is 4.04. The van der Waals surface area contributed by atoms with E-state index in [0.29, 0.717) is 12.0 Å². The number of piperidine rings is 1. The maximum absolute atomic E-state index is 9.46. The molecule has 0 spiro atoms. The van der Waals surface area contributed by atoms with Crippen LogP contribution in [-0.4, -0.2) is 35.2 Å². The van der Waals surface area contributed by atoms with E-state index in [1.807, 2.05) is 0 Å². The number of nitrogens with zero attached hydrogens (tertiary/aromatic N) is 1. The van der Waals surface area contributed by atoms with Gasteiger partial charge < -0.3 is 5.11 Å². The lowest BCUT2D eigenvalue weighted by Gasteiger charge is -2.36. The van der Waals surface area contributed by atoms with Gasteiger partial charge >= 0.3 is 0 Å². The molecule has 2 heteroatoms. The molecule has 0 unspecified atom stereocenters. The zero-order valence-electron chi connectivity index (χ0n) is 7.75. The number of β-amino-alcohol motifs (C(OH)–C–C–N with tert-alkyl or cyclic N) is 1. The second-order valence-corrected chi connectivity index (χ2v) is 4.04. The number of aliphatic hydroxyl groups is 1. The summed E-state index contributed by atoms with van der Waals surface area (Å²) in [5.41, 5.74) is 0. The van der Waals surface area contributed by atoms with Crippen LogP contribution in [0.5, 0.6) is 0 Å². The Kier molecular flexibility index (Phi) is 2.90. The van der Waals surface area contributed by atoms with E-state index in [1.165, 1.54) is 0 Å². The molecule has 1 saturated heterocycles. The average Bonchev–Trinajstić information content (AvgIpc) is 1.85. The number of likely N-dealkylation sites (tertiary alicyclic amines) is 1. The Labute approximate surface area is 69.2 Å². The van der Waals surface area contributed by atoms with Crippen LogP contribution in [0.15, 0.2) is 0 Å². The van der Waals surface area contributed by atoms with Gasteiger partial charge in [-0.2, -0.15) is 0 Å². The summed E-state index contributed by atoms with van der Waals surface area (Å²) < 4.78 is 0. The number of aliphatic hydroxyl groups excluding tert-OH is 1. The molecule has 0 aromatic rings. The molecule has 1 N–H and O–H groups in total. The Bertz CT molecular complexity index is 115. The van der Waals surface area contributed by atoms with Crippen LogP contribution in [-0.2, 0) is 0 Å². The third kappa shape index (κ3) is 2.46. The summed E-state index contributed by atoms with van der Waals surface area (Å²) >= 11 is 0. The molecular formula is C9H19NO. The molecule has 1 aliphatic rings. The molecular weight excluding hydrogens is 138 g/mol. The predicted molar refractivity (Wildman–Crippen MR) is 46.5 cm³/mol. The van der Waals surface area contributed by atoms with Crippen LogP contribution in [0, 0.1) is 5.92 Å². The van der Waals surface area contributed by atoms with E-state index in [0.717, 1.165) is 19.5 Å². The van der Waals surface area contributed by atoms with Gasteiger partial charge in [-0.1, -0.05) is 6.92 Å². The van der Waals surface area contributed by atoms with E-state index in [-0.39, 0.29) is 6.10 Å². The van der Waals surface area contributed by atoms with Gasteiger partial charge in [-0.05, 0) is 26.2 Å². The van der Waals surface area contributed by atoms with Crippen molar-refractivity contribution in [1.82, 2.24) is 4.90 Å². The lowest BCUT2D eigenvalue weighted by atomic mass is 9.97. The quantitative estimate of drug-likeness (QED) is 0.616. The van der Waals surface area contributed by atoms with Crippen molar-refractivity contribution in [3.8, 4) is 0 Å². The van der Waals surface area contributed by atoms with E-state index < -0.39 is 0 Å². The van der Waals surface area contributed by atoms with Crippen molar-refractivity contribution in [2.75, 3.05) is 13.1 Å². The van der Waals surface area contributed by atoms with Gasteiger partial charge in [0.05, 0.1) is 6.10 Å². The number of rotatable bonds is 1. The van der Waals surface area contributed by atoms with Crippen LogP contribution >= 0.6 is 0 Å².